The summed E-state index contributed by atoms with van der Waals surface area (Å²) < 4.78 is 5.11. The summed E-state index contributed by atoms with van der Waals surface area (Å²) in [6.45, 7) is 0.452. The second kappa shape index (κ2) is 7.76. The summed E-state index contributed by atoms with van der Waals surface area (Å²) in [5.74, 6) is 0.430. The van der Waals surface area contributed by atoms with Crippen LogP contribution in [0.15, 0.2) is 52.6 Å². The van der Waals surface area contributed by atoms with Gasteiger partial charge in [0.2, 0.25) is 0 Å². The molecule has 0 saturated heterocycles. The van der Waals surface area contributed by atoms with Gasteiger partial charge in [0.15, 0.2) is 0 Å². The fraction of sp³-hybridized carbons (Fsp3) is 0.167. The molecule has 7 heteroatoms. The number of aromatic nitrogens is 2. The van der Waals surface area contributed by atoms with Crippen LogP contribution in [0, 0.1) is 0 Å². The van der Waals surface area contributed by atoms with E-state index in [9.17, 15) is 9.59 Å². The van der Waals surface area contributed by atoms with Gasteiger partial charge in [-0.1, -0.05) is 18.2 Å². The van der Waals surface area contributed by atoms with E-state index in [1.54, 1.807) is 13.2 Å². The van der Waals surface area contributed by atoms with E-state index < -0.39 is 5.69 Å². The van der Waals surface area contributed by atoms with Crippen LogP contribution in [0.5, 0.6) is 5.75 Å². The fourth-order valence-electron chi connectivity index (χ4n) is 2.34. The first-order chi connectivity index (χ1) is 12.2. The molecule has 25 heavy (non-hydrogen) atoms. The number of hydrogen-bond acceptors (Lipinski definition) is 5. The topological polar surface area (TPSA) is 84.1 Å². The average Bonchev–Trinajstić information content (AvgIpc) is 3.16. The predicted octanol–water partition coefficient (Wildman–Crippen LogP) is 2.48. The molecule has 0 radical (unpaired) electrons. The van der Waals surface area contributed by atoms with Crippen LogP contribution in [0.4, 0.5) is 0 Å². The Balaban J connectivity index is 1.64. The number of ether oxygens (including phenoxy) is 1. The van der Waals surface area contributed by atoms with E-state index in [1.807, 2.05) is 41.8 Å². The molecule has 2 aromatic heterocycles. The van der Waals surface area contributed by atoms with Gasteiger partial charge in [-0.15, -0.1) is 11.3 Å². The molecule has 0 bridgehead atoms. The van der Waals surface area contributed by atoms with Crippen LogP contribution in [0.1, 0.15) is 16.1 Å². The lowest BCUT2D eigenvalue weighted by atomic mass is 10.1. The van der Waals surface area contributed by atoms with Crippen LogP contribution in [0.25, 0.3) is 10.6 Å². The monoisotopic (exact) mass is 355 g/mol. The van der Waals surface area contributed by atoms with E-state index in [4.69, 9.17) is 4.74 Å². The van der Waals surface area contributed by atoms with E-state index in [2.05, 4.69) is 15.3 Å². The van der Waals surface area contributed by atoms with Gasteiger partial charge >= 0.3 is 5.69 Å². The van der Waals surface area contributed by atoms with E-state index in [-0.39, 0.29) is 11.6 Å². The summed E-state index contributed by atoms with van der Waals surface area (Å²) in [5.41, 5.74) is 1.25. The van der Waals surface area contributed by atoms with Crippen molar-refractivity contribution in [1.29, 1.82) is 0 Å². The number of thiophene rings is 1. The maximum Gasteiger partial charge on any atom is 0.346 e. The maximum absolute atomic E-state index is 12.3. The molecule has 128 valence electrons. The number of carbonyl (C=O) groups excluding carboxylic acids is 1. The summed E-state index contributed by atoms with van der Waals surface area (Å²) in [4.78, 5) is 31.3. The Bertz CT molecular complexity index is 902. The summed E-state index contributed by atoms with van der Waals surface area (Å²) in [6, 6.07) is 13.0. The van der Waals surface area contributed by atoms with Crippen molar-refractivity contribution in [2.75, 3.05) is 13.7 Å². The second-order valence-corrected chi connectivity index (χ2v) is 6.26. The smallest absolute Gasteiger partial charge is 0.346 e. The lowest BCUT2D eigenvalue weighted by Crippen LogP contribution is -2.29. The molecule has 0 aliphatic heterocycles. The standard InChI is InChI=1S/C18H17N3O3S/c1-24-13-6-4-12(5-7-13)8-9-19-17(22)15-11-14(20-18(23)21-15)16-3-2-10-25-16/h2-7,10-11H,8-9H2,1H3,(H,19,22)(H,20,21,23). The van der Waals surface area contributed by atoms with Crippen molar-refractivity contribution in [2.45, 2.75) is 6.42 Å². The number of carbonyl (C=O) groups is 1. The summed E-state index contributed by atoms with van der Waals surface area (Å²) in [6.07, 6.45) is 0.677. The molecule has 1 amide bonds. The maximum atomic E-state index is 12.3. The quantitative estimate of drug-likeness (QED) is 0.711. The van der Waals surface area contributed by atoms with E-state index >= 15 is 0 Å². The van der Waals surface area contributed by atoms with Crippen molar-refractivity contribution >= 4 is 17.2 Å². The highest BCUT2D eigenvalue weighted by Crippen LogP contribution is 2.21. The predicted molar refractivity (Wildman–Crippen MR) is 97.2 cm³/mol. The van der Waals surface area contributed by atoms with Gasteiger partial charge < -0.3 is 15.0 Å². The Morgan fingerprint density at radius 2 is 2.08 bits per heavy atom. The largest absolute Gasteiger partial charge is 0.497 e. The lowest BCUT2D eigenvalue weighted by Gasteiger charge is -2.06. The first kappa shape index (κ1) is 16.9. The third kappa shape index (κ3) is 4.33. The molecular formula is C18H17N3O3S. The Morgan fingerprint density at radius 1 is 1.28 bits per heavy atom. The molecule has 0 atom stereocenters. The van der Waals surface area contributed by atoms with Gasteiger partial charge in [-0.3, -0.25) is 4.79 Å². The highest BCUT2D eigenvalue weighted by atomic mass is 32.1. The van der Waals surface area contributed by atoms with Crippen molar-refractivity contribution in [3.63, 3.8) is 0 Å². The molecule has 0 fully saturated rings. The van der Waals surface area contributed by atoms with Crippen LogP contribution in [0.2, 0.25) is 0 Å². The number of hydrogen-bond donors (Lipinski definition) is 2. The minimum Gasteiger partial charge on any atom is -0.497 e. The zero-order valence-corrected chi connectivity index (χ0v) is 14.4. The minimum absolute atomic E-state index is 0.113. The summed E-state index contributed by atoms with van der Waals surface area (Å²) >= 11 is 1.48. The lowest BCUT2D eigenvalue weighted by molar-refractivity contribution is 0.0948. The number of benzene rings is 1. The molecule has 6 nitrogen and oxygen atoms in total. The number of amides is 1. The molecular weight excluding hydrogens is 338 g/mol. The van der Waals surface area contributed by atoms with Gasteiger partial charge in [0.05, 0.1) is 17.7 Å². The van der Waals surface area contributed by atoms with Gasteiger partial charge in [0, 0.05) is 6.54 Å². The number of nitrogens with zero attached hydrogens (tertiary/aromatic N) is 1. The highest BCUT2D eigenvalue weighted by Gasteiger charge is 2.11. The van der Waals surface area contributed by atoms with Crippen LogP contribution < -0.4 is 15.7 Å². The molecule has 0 saturated carbocycles. The van der Waals surface area contributed by atoms with Crippen molar-refractivity contribution in [2.24, 2.45) is 0 Å². The zero-order valence-electron chi connectivity index (χ0n) is 13.6. The first-order valence-electron chi connectivity index (χ1n) is 7.72. The first-order valence-corrected chi connectivity index (χ1v) is 8.60. The van der Waals surface area contributed by atoms with E-state index in [1.165, 1.54) is 11.3 Å². The molecule has 2 heterocycles. The fourth-order valence-corrected chi connectivity index (χ4v) is 3.04. The number of H-pyrrole nitrogens is 1. The van der Waals surface area contributed by atoms with Crippen LogP contribution >= 0.6 is 11.3 Å². The van der Waals surface area contributed by atoms with Gasteiger partial charge in [0.1, 0.15) is 11.4 Å². The van der Waals surface area contributed by atoms with Crippen molar-refractivity contribution in [3.05, 3.63) is 69.6 Å². The average molecular weight is 355 g/mol. The molecule has 3 aromatic rings. The molecule has 3 rings (SSSR count). The van der Waals surface area contributed by atoms with Crippen LogP contribution in [-0.2, 0) is 6.42 Å². The van der Waals surface area contributed by atoms with Crippen molar-refractivity contribution in [3.8, 4) is 16.3 Å². The Labute approximate surface area is 148 Å². The number of methoxy groups -OCH3 is 1. The van der Waals surface area contributed by atoms with Gasteiger partial charge in [-0.2, -0.15) is 4.98 Å². The SMILES string of the molecule is COc1ccc(CCNC(=O)c2cc(-c3cccs3)[nH]c(=O)n2)cc1. The number of nitrogens with one attached hydrogen (secondary N) is 2. The van der Waals surface area contributed by atoms with Crippen molar-refractivity contribution < 1.29 is 9.53 Å². The van der Waals surface area contributed by atoms with Crippen LogP contribution in [0.3, 0.4) is 0 Å². The minimum atomic E-state index is -0.536. The second-order valence-electron chi connectivity index (χ2n) is 5.32. The van der Waals surface area contributed by atoms with Gasteiger partial charge in [0.25, 0.3) is 5.91 Å². The van der Waals surface area contributed by atoms with E-state index in [0.29, 0.717) is 18.7 Å². The Hall–Kier alpha value is -2.93. The molecule has 0 unspecified atom stereocenters. The normalized spacial score (nSPS) is 10.4. The number of rotatable bonds is 6. The van der Waals surface area contributed by atoms with Crippen LogP contribution in [-0.4, -0.2) is 29.5 Å². The Morgan fingerprint density at radius 3 is 2.76 bits per heavy atom. The highest BCUT2D eigenvalue weighted by molar-refractivity contribution is 7.13. The van der Waals surface area contributed by atoms with Crippen molar-refractivity contribution in [1.82, 2.24) is 15.3 Å². The molecule has 1 aromatic carbocycles. The number of aromatic amines is 1. The third-order valence-electron chi connectivity index (χ3n) is 3.62. The molecule has 0 spiro atoms. The molecule has 0 aliphatic rings. The Kier molecular flexibility index (Phi) is 5.25. The van der Waals surface area contributed by atoms with Gasteiger partial charge in [-0.25, -0.2) is 4.79 Å². The summed E-state index contributed by atoms with van der Waals surface area (Å²) in [7, 11) is 1.62. The zero-order chi connectivity index (χ0) is 17.6. The summed E-state index contributed by atoms with van der Waals surface area (Å²) in [5, 5.41) is 4.70. The molecule has 0 aliphatic carbocycles. The molecule has 2 N–H and O–H groups in total. The third-order valence-corrected chi connectivity index (χ3v) is 4.53. The van der Waals surface area contributed by atoms with Gasteiger partial charge in [-0.05, 0) is 41.6 Å². The van der Waals surface area contributed by atoms with E-state index in [0.717, 1.165) is 16.2 Å².